The third kappa shape index (κ3) is 6.09. The van der Waals surface area contributed by atoms with Gasteiger partial charge in [0.2, 0.25) is 0 Å². The number of amides is 1. The van der Waals surface area contributed by atoms with Crippen LogP contribution in [0.1, 0.15) is 35.6 Å². The lowest BCUT2D eigenvalue weighted by atomic mass is 9.88. The van der Waals surface area contributed by atoms with Gasteiger partial charge in [0.05, 0.1) is 13.2 Å². The first kappa shape index (κ1) is 21.9. The number of hydrogen-bond acceptors (Lipinski definition) is 6. The van der Waals surface area contributed by atoms with Crippen LogP contribution in [0.4, 0.5) is 0 Å². The van der Waals surface area contributed by atoms with E-state index in [1.165, 1.54) is 18.7 Å². The lowest BCUT2D eigenvalue weighted by Crippen LogP contribution is -2.34. The third-order valence-electron chi connectivity index (χ3n) is 4.94. The summed E-state index contributed by atoms with van der Waals surface area (Å²) in [5, 5.41) is 11.6. The Hall–Kier alpha value is -3.79. The molecular weight excluding hydrogens is 396 g/mol. The Morgan fingerprint density at radius 1 is 1.23 bits per heavy atom. The number of nitriles is 1. The quantitative estimate of drug-likeness (QED) is 0.520. The Labute approximate surface area is 181 Å². The van der Waals surface area contributed by atoms with E-state index >= 15 is 0 Å². The molecule has 0 aromatic heterocycles. The fourth-order valence-electron chi connectivity index (χ4n) is 3.51. The highest BCUT2D eigenvalue weighted by Gasteiger charge is 2.21. The molecule has 1 unspecified atom stereocenters. The van der Waals surface area contributed by atoms with E-state index in [2.05, 4.69) is 11.4 Å². The molecule has 0 radical (unpaired) electrons. The van der Waals surface area contributed by atoms with Crippen LogP contribution in [0, 0.1) is 11.3 Å². The number of carbonyl (C=O) groups is 2. The maximum atomic E-state index is 12.2. The summed E-state index contributed by atoms with van der Waals surface area (Å²) in [4.78, 5) is 24.2. The smallest absolute Gasteiger partial charge is 0.331 e. The van der Waals surface area contributed by atoms with E-state index < -0.39 is 5.97 Å². The number of nitrogens with zero attached hydrogens (tertiary/aromatic N) is 1. The van der Waals surface area contributed by atoms with Crippen LogP contribution in [0.25, 0.3) is 6.08 Å². The summed E-state index contributed by atoms with van der Waals surface area (Å²) in [5.74, 6) is -0.0743. The van der Waals surface area contributed by atoms with Crippen LogP contribution in [0.15, 0.2) is 48.5 Å². The standard InChI is InChI=1S/C24H24N2O5/c1-29-22-15-17(9-11-21(22)30-14-13-25)10-12-24(28)31-16-23(27)26-20-8-4-6-18-5-2-3-7-19(18)20/h2-3,5,7,9-12,15,20H,4,6,8,14,16H2,1H3,(H,26,27)/b12-10+. The van der Waals surface area contributed by atoms with Crippen molar-refractivity contribution in [1.82, 2.24) is 5.32 Å². The molecule has 0 spiro atoms. The highest BCUT2D eigenvalue weighted by Crippen LogP contribution is 2.29. The number of esters is 1. The summed E-state index contributed by atoms with van der Waals surface area (Å²) in [6, 6.07) is 14.9. The van der Waals surface area contributed by atoms with Crippen molar-refractivity contribution in [3.63, 3.8) is 0 Å². The van der Waals surface area contributed by atoms with Gasteiger partial charge in [-0.3, -0.25) is 4.79 Å². The summed E-state index contributed by atoms with van der Waals surface area (Å²) >= 11 is 0. The maximum absolute atomic E-state index is 12.2. The van der Waals surface area contributed by atoms with Gasteiger partial charge in [-0.05, 0) is 54.2 Å². The first-order chi connectivity index (χ1) is 15.1. The number of nitrogens with one attached hydrogen (secondary N) is 1. The summed E-state index contributed by atoms with van der Waals surface area (Å²) < 4.78 is 15.5. The fourth-order valence-corrected chi connectivity index (χ4v) is 3.51. The monoisotopic (exact) mass is 420 g/mol. The zero-order valence-corrected chi connectivity index (χ0v) is 17.3. The van der Waals surface area contributed by atoms with Gasteiger partial charge in [-0.15, -0.1) is 0 Å². The van der Waals surface area contributed by atoms with Crippen molar-refractivity contribution < 1.29 is 23.8 Å². The van der Waals surface area contributed by atoms with Gasteiger partial charge in [-0.1, -0.05) is 30.3 Å². The largest absolute Gasteiger partial charge is 0.493 e. The Balaban J connectivity index is 1.50. The average molecular weight is 420 g/mol. The molecule has 31 heavy (non-hydrogen) atoms. The molecule has 1 atom stereocenters. The average Bonchev–Trinajstić information content (AvgIpc) is 2.80. The van der Waals surface area contributed by atoms with Crippen LogP contribution < -0.4 is 14.8 Å². The predicted molar refractivity (Wildman–Crippen MR) is 114 cm³/mol. The second-order valence-electron chi connectivity index (χ2n) is 7.01. The minimum Gasteiger partial charge on any atom is -0.493 e. The Morgan fingerprint density at radius 3 is 2.87 bits per heavy atom. The van der Waals surface area contributed by atoms with E-state index in [0.29, 0.717) is 17.1 Å². The summed E-state index contributed by atoms with van der Waals surface area (Å²) in [7, 11) is 1.49. The molecular formula is C24H24N2O5. The van der Waals surface area contributed by atoms with Gasteiger partial charge in [0.25, 0.3) is 5.91 Å². The molecule has 0 saturated heterocycles. The lowest BCUT2D eigenvalue weighted by molar-refractivity contribution is -0.144. The summed E-state index contributed by atoms with van der Waals surface area (Å²) in [5.41, 5.74) is 3.06. The molecule has 7 heteroatoms. The highest BCUT2D eigenvalue weighted by molar-refractivity contribution is 5.89. The van der Waals surface area contributed by atoms with Crippen molar-refractivity contribution >= 4 is 18.0 Å². The fraction of sp³-hybridized carbons (Fsp3) is 0.292. The van der Waals surface area contributed by atoms with Crippen LogP contribution in [-0.2, 0) is 20.7 Å². The number of hydrogen-bond donors (Lipinski definition) is 1. The molecule has 0 bridgehead atoms. The Morgan fingerprint density at radius 2 is 2.06 bits per heavy atom. The van der Waals surface area contributed by atoms with Crippen LogP contribution in [0.2, 0.25) is 0 Å². The van der Waals surface area contributed by atoms with Crippen LogP contribution in [0.3, 0.4) is 0 Å². The van der Waals surface area contributed by atoms with Crippen molar-refractivity contribution in [2.45, 2.75) is 25.3 Å². The van der Waals surface area contributed by atoms with Gasteiger partial charge < -0.3 is 19.5 Å². The first-order valence-electron chi connectivity index (χ1n) is 10.0. The van der Waals surface area contributed by atoms with E-state index in [1.54, 1.807) is 24.3 Å². The normalized spacial score (nSPS) is 14.9. The number of ether oxygens (including phenoxy) is 3. The van der Waals surface area contributed by atoms with E-state index in [-0.39, 0.29) is 25.2 Å². The molecule has 2 aromatic rings. The molecule has 0 saturated carbocycles. The third-order valence-corrected chi connectivity index (χ3v) is 4.94. The van der Waals surface area contributed by atoms with E-state index in [0.717, 1.165) is 24.8 Å². The Bertz CT molecular complexity index is 1010. The van der Waals surface area contributed by atoms with Gasteiger partial charge in [0.15, 0.2) is 24.7 Å². The van der Waals surface area contributed by atoms with E-state index in [1.807, 2.05) is 24.3 Å². The number of aryl methyl sites for hydroxylation is 1. The van der Waals surface area contributed by atoms with Crippen molar-refractivity contribution in [2.75, 3.05) is 20.3 Å². The first-order valence-corrected chi connectivity index (χ1v) is 10.0. The molecule has 160 valence electrons. The van der Waals surface area contributed by atoms with Crippen molar-refractivity contribution in [1.29, 1.82) is 5.26 Å². The van der Waals surface area contributed by atoms with Gasteiger partial charge in [0.1, 0.15) is 6.07 Å². The molecule has 1 N–H and O–H groups in total. The zero-order chi connectivity index (χ0) is 22.1. The number of fused-ring (bicyclic) bond motifs is 1. The van der Waals surface area contributed by atoms with Crippen LogP contribution in [-0.4, -0.2) is 32.2 Å². The second-order valence-corrected chi connectivity index (χ2v) is 7.01. The SMILES string of the molecule is COc1cc(/C=C/C(=O)OCC(=O)NC2CCCc3ccccc32)ccc1OCC#N. The van der Waals surface area contributed by atoms with Crippen molar-refractivity contribution in [3.05, 3.63) is 65.2 Å². The Kier molecular flexibility index (Phi) is 7.66. The van der Waals surface area contributed by atoms with Gasteiger partial charge in [0, 0.05) is 6.08 Å². The number of carbonyl (C=O) groups excluding carboxylic acids is 2. The van der Waals surface area contributed by atoms with Gasteiger partial charge in [-0.2, -0.15) is 5.26 Å². The van der Waals surface area contributed by atoms with Crippen LogP contribution >= 0.6 is 0 Å². The zero-order valence-electron chi connectivity index (χ0n) is 17.3. The molecule has 1 amide bonds. The summed E-state index contributed by atoms with van der Waals surface area (Å²) in [6.07, 6.45) is 5.68. The molecule has 0 aliphatic heterocycles. The molecule has 3 rings (SSSR count). The number of benzene rings is 2. The molecule has 0 heterocycles. The molecule has 1 aliphatic rings. The molecule has 2 aromatic carbocycles. The topological polar surface area (TPSA) is 97.7 Å². The van der Waals surface area contributed by atoms with Crippen LogP contribution in [0.5, 0.6) is 11.5 Å². The second kappa shape index (κ2) is 10.8. The van der Waals surface area contributed by atoms with Crippen molar-refractivity contribution in [2.24, 2.45) is 0 Å². The number of rotatable bonds is 8. The minimum absolute atomic E-state index is 0.0547. The van der Waals surface area contributed by atoms with E-state index in [4.69, 9.17) is 19.5 Å². The molecule has 1 aliphatic carbocycles. The molecule has 7 nitrogen and oxygen atoms in total. The highest BCUT2D eigenvalue weighted by atomic mass is 16.5. The van der Waals surface area contributed by atoms with Gasteiger partial charge in [-0.25, -0.2) is 4.79 Å². The lowest BCUT2D eigenvalue weighted by Gasteiger charge is -2.26. The molecule has 0 fully saturated rings. The van der Waals surface area contributed by atoms with E-state index in [9.17, 15) is 9.59 Å². The van der Waals surface area contributed by atoms with Gasteiger partial charge >= 0.3 is 5.97 Å². The summed E-state index contributed by atoms with van der Waals surface area (Å²) in [6.45, 7) is -0.432. The number of methoxy groups -OCH3 is 1. The minimum atomic E-state index is -0.622. The predicted octanol–water partition coefficient (Wildman–Crippen LogP) is 3.35. The maximum Gasteiger partial charge on any atom is 0.331 e. The van der Waals surface area contributed by atoms with Crippen molar-refractivity contribution in [3.8, 4) is 17.6 Å².